The largest absolute Gasteiger partial charge is 0.380 e. The second-order valence-corrected chi connectivity index (χ2v) is 4.68. The highest BCUT2D eigenvalue weighted by atomic mass is 16.6. The van der Waals surface area contributed by atoms with Crippen LogP contribution in [0, 0.1) is 16.0 Å². The summed E-state index contributed by atoms with van der Waals surface area (Å²) in [5.74, 6) is -0.196. The molecule has 19 heavy (non-hydrogen) atoms. The van der Waals surface area contributed by atoms with Gasteiger partial charge in [-0.1, -0.05) is 0 Å². The van der Waals surface area contributed by atoms with Crippen LogP contribution in [0.15, 0.2) is 18.2 Å². The number of non-ortho nitro benzene ring substituents is 1. The van der Waals surface area contributed by atoms with Crippen LogP contribution in [0.4, 0.5) is 11.4 Å². The van der Waals surface area contributed by atoms with Gasteiger partial charge < -0.3 is 16.8 Å². The van der Waals surface area contributed by atoms with E-state index in [4.69, 9.17) is 11.5 Å². The van der Waals surface area contributed by atoms with Crippen LogP contribution in [0.1, 0.15) is 23.2 Å². The third kappa shape index (κ3) is 3.00. The zero-order valence-electron chi connectivity index (χ0n) is 10.3. The van der Waals surface area contributed by atoms with E-state index in [1.165, 1.54) is 18.2 Å². The lowest BCUT2D eigenvalue weighted by Crippen LogP contribution is -2.31. The lowest BCUT2D eigenvalue weighted by atomic mass is 10.1. The van der Waals surface area contributed by atoms with Gasteiger partial charge in [-0.15, -0.1) is 0 Å². The van der Waals surface area contributed by atoms with Crippen molar-refractivity contribution in [1.29, 1.82) is 0 Å². The molecule has 0 heterocycles. The Balaban J connectivity index is 2.28. The average Bonchev–Trinajstić information content (AvgIpc) is 3.19. The number of nitrogens with one attached hydrogen (secondary N) is 1. The van der Waals surface area contributed by atoms with Crippen molar-refractivity contribution in [3.8, 4) is 0 Å². The third-order valence-electron chi connectivity index (χ3n) is 3.27. The number of carbonyl (C=O) groups excluding carboxylic acids is 1. The number of hydrogen-bond donors (Lipinski definition) is 3. The smallest absolute Gasteiger partial charge is 0.270 e. The summed E-state index contributed by atoms with van der Waals surface area (Å²) < 4.78 is 0. The van der Waals surface area contributed by atoms with Gasteiger partial charge in [-0.3, -0.25) is 14.9 Å². The molecule has 2 rings (SSSR count). The molecule has 1 aliphatic carbocycles. The molecular weight excluding hydrogens is 248 g/mol. The summed E-state index contributed by atoms with van der Waals surface area (Å²) in [6.45, 7) is 0.444. The number of carbonyl (C=O) groups is 1. The molecular formula is C12H16N4O3. The zero-order chi connectivity index (χ0) is 14.0. The Bertz CT molecular complexity index is 514. The van der Waals surface area contributed by atoms with E-state index in [-0.39, 0.29) is 17.3 Å². The molecule has 0 saturated heterocycles. The van der Waals surface area contributed by atoms with E-state index in [9.17, 15) is 14.9 Å². The molecule has 0 radical (unpaired) electrons. The van der Waals surface area contributed by atoms with Gasteiger partial charge in [-0.2, -0.15) is 0 Å². The Morgan fingerprint density at radius 1 is 1.53 bits per heavy atom. The lowest BCUT2D eigenvalue weighted by Gasteiger charge is -2.19. The summed E-state index contributed by atoms with van der Waals surface area (Å²) in [5.41, 5.74) is 11.4. The van der Waals surface area contributed by atoms with Crippen molar-refractivity contribution in [1.82, 2.24) is 0 Å². The molecule has 7 nitrogen and oxygen atoms in total. The molecule has 1 aromatic carbocycles. The van der Waals surface area contributed by atoms with Crippen LogP contribution in [-0.2, 0) is 0 Å². The Morgan fingerprint density at radius 3 is 2.68 bits per heavy atom. The fourth-order valence-electron chi connectivity index (χ4n) is 2.04. The van der Waals surface area contributed by atoms with E-state index >= 15 is 0 Å². The van der Waals surface area contributed by atoms with Crippen LogP contribution in [0.2, 0.25) is 0 Å². The first-order valence-electron chi connectivity index (χ1n) is 6.07. The van der Waals surface area contributed by atoms with Crippen molar-refractivity contribution >= 4 is 17.3 Å². The quantitative estimate of drug-likeness (QED) is 0.518. The van der Waals surface area contributed by atoms with Crippen molar-refractivity contribution in [2.75, 3.05) is 11.9 Å². The molecule has 5 N–H and O–H groups in total. The van der Waals surface area contributed by atoms with Crippen molar-refractivity contribution in [3.63, 3.8) is 0 Å². The SMILES string of the molecule is NCC(Nc1ccc([N+](=O)[O-])cc1C(N)=O)C1CC1. The van der Waals surface area contributed by atoms with Gasteiger partial charge in [-0.05, 0) is 24.8 Å². The maximum atomic E-state index is 11.4. The number of nitrogens with zero attached hydrogens (tertiary/aromatic N) is 1. The Hall–Kier alpha value is -2.15. The first-order valence-corrected chi connectivity index (χ1v) is 6.07. The summed E-state index contributed by atoms with van der Waals surface area (Å²) in [5, 5.41) is 13.9. The molecule has 1 aliphatic rings. The van der Waals surface area contributed by atoms with Gasteiger partial charge in [0.2, 0.25) is 0 Å². The number of benzene rings is 1. The number of anilines is 1. The van der Waals surface area contributed by atoms with Crippen LogP contribution in [-0.4, -0.2) is 23.4 Å². The number of hydrogen-bond acceptors (Lipinski definition) is 5. The molecule has 1 atom stereocenters. The van der Waals surface area contributed by atoms with Crippen molar-refractivity contribution in [2.45, 2.75) is 18.9 Å². The van der Waals surface area contributed by atoms with Gasteiger partial charge >= 0.3 is 0 Å². The molecule has 1 unspecified atom stereocenters. The summed E-state index contributed by atoms with van der Waals surface area (Å²) >= 11 is 0. The van der Waals surface area contributed by atoms with Crippen LogP contribution >= 0.6 is 0 Å². The molecule has 1 fully saturated rings. The number of nitro groups is 1. The van der Waals surface area contributed by atoms with Crippen molar-refractivity contribution < 1.29 is 9.72 Å². The minimum Gasteiger partial charge on any atom is -0.380 e. The summed E-state index contributed by atoms with van der Waals surface area (Å²) in [6, 6.07) is 4.10. The maximum absolute atomic E-state index is 11.4. The van der Waals surface area contributed by atoms with Gasteiger partial charge in [0, 0.05) is 30.4 Å². The monoisotopic (exact) mass is 264 g/mol. The topological polar surface area (TPSA) is 124 Å². The van der Waals surface area contributed by atoms with E-state index in [0.717, 1.165) is 12.8 Å². The standard InChI is InChI=1S/C12H16N4O3/c13-6-11(7-1-2-7)15-10-4-3-8(16(18)19)5-9(10)12(14)17/h3-5,7,11,15H,1-2,6,13H2,(H2,14,17). The van der Waals surface area contributed by atoms with Gasteiger partial charge in [0.1, 0.15) is 0 Å². The molecule has 0 spiro atoms. The molecule has 0 aliphatic heterocycles. The van der Waals surface area contributed by atoms with E-state index in [1.54, 1.807) is 0 Å². The van der Waals surface area contributed by atoms with Crippen molar-refractivity contribution in [2.24, 2.45) is 17.4 Å². The van der Waals surface area contributed by atoms with Crippen LogP contribution in [0.5, 0.6) is 0 Å². The van der Waals surface area contributed by atoms with E-state index < -0.39 is 10.8 Å². The molecule has 1 saturated carbocycles. The maximum Gasteiger partial charge on any atom is 0.270 e. The Morgan fingerprint density at radius 2 is 2.21 bits per heavy atom. The third-order valence-corrected chi connectivity index (χ3v) is 3.27. The minimum atomic E-state index is -0.697. The van der Waals surface area contributed by atoms with Crippen LogP contribution < -0.4 is 16.8 Å². The number of nitrogens with two attached hydrogens (primary N) is 2. The highest BCUT2D eigenvalue weighted by Crippen LogP contribution is 2.34. The number of amides is 1. The minimum absolute atomic E-state index is 0.0690. The summed E-state index contributed by atoms with van der Waals surface area (Å²) in [7, 11) is 0. The van der Waals surface area contributed by atoms with Gasteiger partial charge in [0.15, 0.2) is 0 Å². The normalized spacial score (nSPS) is 15.8. The number of primary amides is 1. The van der Waals surface area contributed by atoms with Crippen LogP contribution in [0.3, 0.4) is 0 Å². The van der Waals surface area contributed by atoms with Crippen molar-refractivity contribution in [3.05, 3.63) is 33.9 Å². The summed E-state index contributed by atoms with van der Waals surface area (Å²) in [4.78, 5) is 21.5. The second kappa shape index (κ2) is 5.23. The van der Waals surface area contributed by atoms with E-state index in [2.05, 4.69) is 5.32 Å². The van der Waals surface area contributed by atoms with E-state index in [1.807, 2.05) is 0 Å². The molecule has 7 heteroatoms. The second-order valence-electron chi connectivity index (χ2n) is 4.68. The van der Waals surface area contributed by atoms with E-state index in [0.29, 0.717) is 18.2 Å². The first kappa shape index (κ1) is 13.3. The number of nitro benzene ring substituents is 1. The fraction of sp³-hybridized carbons (Fsp3) is 0.417. The molecule has 0 aromatic heterocycles. The zero-order valence-corrected chi connectivity index (χ0v) is 10.3. The number of rotatable bonds is 6. The van der Waals surface area contributed by atoms with Crippen LogP contribution in [0.25, 0.3) is 0 Å². The highest BCUT2D eigenvalue weighted by molar-refractivity contribution is 5.99. The summed E-state index contributed by atoms with van der Waals surface area (Å²) in [6.07, 6.45) is 2.21. The van der Waals surface area contributed by atoms with Gasteiger partial charge in [0.05, 0.1) is 10.5 Å². The Labute approximate surface area is 110 Å². The predicted octanol–water partition coefficient (Wildman–Crippen LogP) is 0.843. The molecule has 0 bridgehead atoms. The highest BCUT2D eigenvalue weighted by Gasteiger charge is 2.31. The molecule has 1 amide bonds. The predicted molar refractivity (Wildman–Crippen MR) is 70.8 cm³/mol. The fourth-order valence-corrected chi connectivity index (χ4v) is 2.04. The van der Waals surface area contributed by atoms with Gasteiger partial charge in [-0.25, -0.2) is 0 Å². The lowest BCUT2D eigenvalue weighted by molar-refractivity contribution is -0.384. The average molecular weight is 264 g/mol. The first-order chi connectivity index (χ1) is 9.02. The molecule has 1 aromatic rings. The van der Waals surface area contributed by atoms with Gasteiger partial charge in [0.25, 0.3) is 11.6 Å². The molecule has 102 valence electrons. The Kier molecular flexibility index (Phi) is 3.66.